The minimum absolute atomic E-state index is 0.301. The Labute approximate surface area is 137 Å². The van der Waals surface area contributed by atoms with Crippen LogP contribution in [0.2, 0.25) is 0 Å². The van der Waals surface area contributed by atoms with Crippen LogP contribution in [0, 0.1) is 0 Å². The summed E-state index contributed by atoms with van der Waals surface area (Å²) in [5.74, 6) is -0.686. The third-order valence-corrected chi connectivity index (χ3v) is 3.48. The van der Waals surface area contributed by atoms with Gasteiger partial charge in [-0.25, -0.2) is 0 Å². The first-order valence-electron chi connectivity index (χ1n) is 8.94. The maximum atomic E-state index is 10.3. The molecule has 0 aliphatic rings. The molecule has 2 nitrogen and oxygen atoms in total. The molecule has 0 aromatic carbocycles. The van der Waals surface area contributed by atoms with Gasteiger partial charge >= 0.3 is 5.97 Å². The molecule has 0 aromatic rings. The fraction of sp³-hybridized carbons (Fsp3) is 0.650. The van der Waals surface area contributed by atoms with Crippen LogP contribution in [0.25, 0.3) is 0 Å². The van der Waals surface area contributed by atoms with Gasteiger partial charge in [-0.05, 0) is 70.6 Å². The predicted molar refractivity (Wildman–Crippen MR) is 96.1 cm³/mol. The highest BCUT2D eigenvalue weighted by molar-refractivity contribution is 5.66. The Morgan fingerprint density at radius 1 is 0.682 bits per heavy atom. The van der Waals surface area contributed by atoms with Gasteiger partial charge in [-0.2, -0.15) is 0 Å². The Bertz CT molecular complexity index is 327. The summed E-state index contributed by atoms with van der Waals surface area (Å²) in [4.78, 5) is 10.3. The second-order valence-electron chi connectivity index (χ2n) is 5.68. The zero-order chi connectivity index (χ0) is 16.3. The second-order valence-corrected chi connectivity index (χ2v) is 5.68. The van der Waals surface area contributed by atoms with Gasteiger partial charge in [0.15, 0.2) is 0 Å². The molecule has 0 fully saturated rings. The Morgan fingerprint density at radius 3 is 1.55 bits per heavy atom. The minimum atomic E-state index is -0.686. The molecule has 0 radical (unpaired) electrons. The van der Waals surface area contributed by atoms with Gasteiger partial charge in [0, 0.05) is 6.42 Å². The van der Waals surface area contributed by atoms with Gasteiger partial charge in [-0.1, -0.05) is 43.4 Å². The number of hydrogen-bond donors (Lipinski definition) is 1. The van der Waals surface area contributed by atoms with E-state index in [9.17, 15) is 4.79 Å². The number of allylic oxidation sites excluding steroid dienone is 6. The summed E-state index contributed by atoms with van der Waals surface area (Å²) in [6.45, 7) is 2.17. The zero-order valence-corrected chi connectivity index (χ0v) is 14.3. The van der Waals surface area contributed by atoms with Crippen LogP contribution in [-0.4, -0.2) is 11.1 Å². The third kappa shape index (κ3) is 18.7. The molecule has 1 N–H and O–H groups in total. The van der Waals surface area contributed by atoms with Crippen molar-refractivity contribution >= 4 is 5.97 Å². The number of hydrogen-bond acceptors (Lipinski definition) is 1. The van der Waals surface area contributed by atoms with E-state index >= 15 is 0 Å². The Morgan fingerprint density at radius 2 is 1.09 bits per heavy atom. The number of unbranched alkanes of at least 4 members (excludes halogenated alkanes) is 7. The summed E-state index contributed by atoms with van der Waals surface area (Å²) in [5.41, 5.74) is 0. The smallest absolute Gasteiger partial charge is 0.303 e. The van der Waals surface area contributed by atoms with Crippen LogP contribution < -0.4 is 0 Å². The van der Waals surface area contributed by atoms with Crippen LogP contribution in [0.15, 0.2) is 36.5 Å². The fourth-order valence-corrected chi connectivity index (χ4v) is 2.17. The van der Waals surface area contributed by atoms with E-state index < -0.39 is 5.97 Å². The molecule has 126 valence electrons. The molecule has 0 bridgehead atoms. The molecule has 0 amide bonds. The molecule has 0 aliphatic carbocycles. The summed E-state index contributed by atoms with van der Waals surface area (Å²) in [6.07, 6.45) is 26.3. The number of rotatable bonds is 15. The van der Waals surface area contributed by atoms with Gasteiger partial charge < -0.3 is 5.11 Å². The minimum Gasteiger partial charge on any atom is -0.481 e. The van der Waals surface area contributed by atoms with Crippen LogP contribution in [0.3, 0.4) is 0 Å². The van der Waals surface area contributed by atoms with E-state index in [2.05, 4.69) is 43.4 Å². The van der Waals surface area contributed by atoms with Crippen LogP contribution in [0.5, 0.6) is 0 Å². The summed E-state index contributed by atoms with van der Waals surface area (Å²) in [7, 11) is 0. The van der Waals surface area contributed by atoms with E-state index in [1.165, 1.54) is 38.5 Å². The van der Waals surface area contributed by atoms with E-state index in [0.717, 1.165) is 32.1 Å². The van der Waals surface area contributed by atoms with E-state index in [4.69, 9.17) is 5.11 Å². The lowest BCUT2D eigenvalue weighted by molar-refractivity contribution is -0.137. The fourth-order valence-electron chi connectivity index (χ4n) is 2.17. The highest BCUT2D eigenvalue weighted by Crippen LogP contribution is 2.06. The lowest BCUT2D eigenvalue weighted by Gasteiger charge is -1.95. The van der Waals surface area contributed by atoms with E-state index in [0.29, 0.717) is 6.42 Å². The molecule has 0 saturated heterocycles. The molecule has 0 aromatic heterocycles. The lowest BCUT2D eigenvalue weighted by atomic mass is 10.1. The quantitative estimate of drug-likeness (QED) is 0.279. The monoisotopic (exact) mass is 306 g/mol. The topological polar surface area (TPSA) is 37.3 Å². The van der Waals surface area contributed by atoms with Gasteiger partial charge in [0.1, 0.15) is 0 Å². The van der Waals surface area contributed by atoms with Crippen LogP contribution in [0.4, 0.5) is 0 Å². The zero-order valence-electron chi connectivity index (χ0n) is 14.3. The molecular formula is C20H34O2. The molecular weight excluding hydrogens is 272 g/mol. The van der Waals surface area contributed by atoms with Gasteiger partial charge in [0.2, 0.25) is 0 Å². The molecule has 2 heteroatoms. The van der Waals surface area contributed by atoms with Gasteiger partial charge in [-0.15, -0.1) is 0 Å². The van der Waals surface area contributed by atoms with Crippen molar-refractivity contribution in [3.63, 3.8) is 0 Å². The molecule has 0 spiro atoms. The highest BCUT2D eigenvalue weighted by Gasteiger charge is 1.94. The summed E-state index contributed by atoms with van der Waals surface area (Å²) in [6, 6.07) is 0. The van der Waals surface area contributed by atoms with E-state index in [-0.39, 0.29) is 0 Å². The summed E-state index contributed by atoms with van der Waals surface area (Å²) >= 11 is 0. The van der Waals surface area contributed by atoms with Crippen molar-refractivity contribution in [1.29, 1.82) is 0 Å². The van der Waals surface area contributed by atoms with Crippen molar-refractivity contribution in [3.8, 4) is 0 Å². The first-order chi connectivity index (χ1) is 10.8. The number of carboxylic acids is 1. The third-order valence-electron chi connectivity index (χ3n) is 3.48. The highest BCUT2D eigenvalue weighted by atomic mass is 16.4. The first-order valence-corrected chi connectivity index (χ1v) is 8.94. The van der Waals surface area contributed by atoms with Crippen molar-refractivity contribution in [2.45, 2.75) is 84.0 Å². The van der Waals surface area contributed by atoms with Crippen LogP contribution in [-0.2, 0) is 4.79 Å². The van der Waals surface area contributed by atoms with Crippen molar-refractivity contribution in [2.24, 2.45) is 0 Å². The molecule has 0 saturated carbocycles. The Balaban J connectivity index is 3.22. The molecule has 0 heterocycles. The predicted octanol–water partition coefficient (Wildman–Crippen LogP) is 6.44. The molecule has 0 rings (SSSR count). The van der Waals surface area contributed by atoms with E-state index in [1.54, 1.807) is 0 Å². The molecule has 0 atom stereocenters. The van der Waals surface area contributed by atoms with Gasteiger partial charge in [-0.3, -0.25) is 4.79 Å². The maximum Gasteiger partial charge on any atom is 0.303 e. The average molecular weight is 306 g/mol. The van der Waals surface area contributed by atoms with Crippen molar-refractivity contribution in [1.82, 2.24) is 0 Å². The summed E-state index contributed by atoms with van der Waals surface area (Å²) in [5, 5.41) is 8.51. The van der Waals surface area contributed by atoms with Crippen LogP contribution >= 0.6 is 0 Å². The van der Waals surface area contributed by atoms with Crippen molar-refractivity contribution in [2.75, 3.05) is 0 Å². The van der Waals surface area contributed by atoms with Crippen molar-refractivity contribution in [3.05, 3.63) is 36.5 Å². The second kappa shape index (κ2) is 17.7. The van der Waals surface area contributed by atoms with Gasteiger partial charge in [0.25, 0.3) is 0 Å². The number of carbonyl (C=O) groups is 1. The SMILES string of the molecule is CCC=CCCCC=CCCCCC=CCCCCC(=O)O. The first kappa shape index (κ1) is 20.7. The van der Waals surface area contributed by atoms with Gasteiger partial charge in [0.05, 0.1) is 0 Å². The normalized spacial score (nSPS) is 12.0. The standard InChI is InChI=1S/C20H34O2/c1-2-3-4-5-6-7-8-9-10-11-12-13-14-15-16-17-18-19-20(21)22/h3-4,8-9,14-15H,2,5-7,10-13,16-19H2,1H3,(H,21,22). The van der Waals surface area contributed by atoms with E-state index in [1.807, 2.05) is 0 Å². The largest absolute Gasteiger partial charge is 0.481 e. The van der Waals surface area contributed by atoms with Crippen molar-refractivity contribution < 1.29 is 9.90 Å². The molecule has 0 unspecified atom stereocenters. The Kier molecular flexibility index (Phi) is 16.7. The average Bonchev–Trinajstić information content (AvgIpc) is 2.50. The summed E-state index contributed by atoms with van der Waals surface area (Å²) < 4.78 is 0. The number of aliphatic carboxylic acids is 1. The number of carboxylic acid groups (broad SMARTS) is 1. The lowest BCUT2D eigenvalue weighted by Crippen LogP contribution is -1.92. The molecule has 0 aliphatic heterocycles. The Hall–Kier alpha value is -1.31. The van der Waals surface area contributed by atoms with Crippen LogP contribution in [0.1, 0.15) is 84.0 Å². The molecule has 22 heavy (non-hydrogen) atoms. The maximum absolute atomic E-state index is 10.3.